The fraction of sp³-hybridized carbons (Fsp3) is 0.625. The molecular formula is C8H14N2O. The average Bonchev–Trinajstić information content (AvgIpc) is 2.37. The third kappa shape index (κ3) is 1.80. The highest BCUT2D eigenvalue weighted by molar-refractivity contribution is 4.99. The molecule has 3 nitrogen and oxygen atoms in total. The summed E-state index contributed by atoms with van der Waals surface area (Å²) in [5.41, 5.74) is -0.793. The van der Waals surface area contributed by atoms with Gasteiger partial charge in [-0.2, -0.15) is 0 Å². The Labute approximate surface area is 66.5 Å². The van der Waals surface area contributed by atoms with E-state index in [0.29, 0.717) is 5.82 Å². The van der Waals surface area contributed by atoms with Crippen LogP contribution in [0.1, 0.15) is 32.5 Å². The zero-order valence-electron chi connectivity index (χ0n) is 6.96. The van der Waals surface area contributed by atoms with Crippen LogP contribution in [-0.2, 0) is 5.60 Å². The number of hydrogen-bond donors (Lipinski definition) is 2. The zero-order chi connectivity index (χ0) is 8.32. The van der Waals surface area contributed by atoms with Gasteiger partial charge in [0.1, 0.15) is 11.4 Å². The number of imidazole rings is 1. The van der Waals surface area contributed by atoms with E-state index >= 15 is 0 Å². The second kappa shape index (κ2) is 3.05. The normalized spacial score (nSPS) is 16.3. The summed E-state index contributed by atoms with van der Waals surface area (Å²) in [6.07, 6.45) is 5.06. The van der Waals surface area contributed by atoms with Crippen LogP contribution in [0, 0.1) is 0 Å². The van der Waals surface area contributed by atoms with Crippen molar-refractivity contribution < 1.29 is 5.11 Å². The molecule has 0 aliphatic carbocycles. The summed E-state index contributed by atoms with van der Waals surface area (Å²) < 4.78 is 0. The van der Waals surface area contributed by atoms with Crippen molar-refractivity contribution in [2.24, 2.45) is 0 Å². The topological polar surface area (TPSA) is 48.9 Å². The summed E-state index contributed by atoms with van der Waals surface area (Å²) in [7, 11) is 0. The monoisotopic (exact) mass is 154 g/mol. The van der Waals surface area contributed by atoms with Gasteiger partial charge in [0.2, 0.25) is 0 Å². The molecule has 3 heteroatoms. The maximum absolute atomic E-state index is 9.78. The van der Waals surface area contributed by atoms with Crippen LogP contribution in [-0.4, -0.2) is 15.1 Å². The van der Waals surface area contributed by atoms with Gasteiger partial charge in [0.25, 0.3) is 0 Å². The first-order valence-electron chi connectivity index (χ1n) is 3.89. The second-order valence-corrected chi connectivity index (χ2v) is 2.96. The van der Waals surface area contributed by atoms with E-state index in [0.717, 1.165) is 12.8 Å². The van der Waals surface area contributed by atoms with Gasteiger partial charge in [-0.3, -0.25) is 0 Å². The molecule has 0 fully saturated rings. The molecule has 1 rings (SSSR count). The standard InChI is InChI=1S/C8H14N2O/c1-3-4-8(2,11)7-9-5-6-10-7/h5-6,11H,3-4H2,1-2H3,(H,9,10). The Hall–Kier alpha value is -0.830. The molecule has 0 aliphatic heterocycles. The molecule has 2 N–H and O–H groups in total. The van der Waals surface area contributed by atoms with Crippen LogP contribution in [0.4, 0.5) is 0 Å². The minimum atomic E-state index is -0.793. The van der Waals surface area contributed by atoms with E-state index in [1.807, 2.05) is 6.92 Å². The summed E-state index contributed by atoms with van der Waals surface area (Å²) in [6.45, 7) is 3.81. The summed E-state index contributed by atoms with van der Waals surface area (Å²) in [4.78, 5) is 6.90. The van der Waals surface area contributed by atoms with E-state index in [1.165, 1.54) is 0 Å². The van der Waals surface area contributed by atoms with E-state index < -0.39 is 5.60 Å². The Bertz CT molecular complexity index is 204. The fourth-order valence-electron chi connectivity index (χ4n) is 1.17. The summed E-state index contributed by atoms with van der Waals surface area (Å²) in [6, 6.07) is 0. The van der Waals surface area contributed by atoms with Gasteiger partial charge in [-0.15, -0.1) is 0 Å². The van der Waals surface area contributed by atoms with Crippen molar-refractivity contribution >= 4 is 0 Å². The van der Waals surface area contributed by atoms with Crippen LogP contribution in [0.5, 0.6) is 0 Å². The molecule has 1 aromatic heterocycles. The third-order valence-electron chi connectivity index (χ3n) is 1.75. The lowest BCUT2D eigenvalue weighted by Gasteiger charge is -2.19. The quantitative estimate of drug-likeness (QED) is 0.691. The van der Waals surface area contributed by atoms with Crippen molar-refractivity contribution in [3.05, 3.63) is 18.2 Å². The molecule has 0 aromatic carbocycles. The Kier molecular flexibility index (Phi) is 2.29. The van der Waals surface area contributed by atoms with E-state index in [-0.39, 0.29) is 0 Å². The van der Waals surface area contributed by atoms with Gasteiger partial charge in [-0.1, -0.05) is 13.3 Å². The predicted octanol–water partition coefficient (Wildman–Crippen LogP) is 1.42. The van der Waals surface area contributed by atoms with E-state index in [2.05, 4.69) is 9.97 Å². The zero-order valence-corrected chi connectivity index (χ0v) is 6.96. The number of aliphatic hydroxyl groups is 1. The van der Waals surface area contributed by atoms with Crippen molar-refractivity contribution in [1.82, 2.24) is 9.97 Å². The molecule has 1 heterocycles. The number of aromatic nitrogens is 2. The SMILES string of the molecule is CCCC(C)(O)c1ncc[nH]1. The van der Waals surface area contributed by atoms with E-state index in [4.69, 9.17) is 0 Å². The number of aromatic amines is 1. The molecule has 0 amide bonds. The highest BCUT2D eigenvalue weighted by Crippen LogP contribution is 2.21. The van der Waals surface area contributed by atoms with E-state index in [1.54, 1.807) is 19.3 Å². The van der Waals surface area contributed by atoms with Crippen molar-refractivity contribution in [2.45, 2.75) is 32.3 Å². The minimum Gasteiger partial charge on any atom is -0.382 e. The molecule has 0 spiro atoms. The number of hydrogen-bond acceptors (Lipinski definition) is 2. The Balaban J connectivity index is 2.73. The second-order valence-electron chi connectivity index (χ2n) is 2.96. The first-order chi connectivity index (χ1) is 5.17. The van der Waals surface area contributed by atoms with Crippen LogP contribution in [0.15, 0.2) is 12.4 Å². The molecule has 0 bridgehead atoms. The minimum absolute atomic E-state index is 0.652. The molecule has 62 valence electrons. The molecule has 1 aromatic rings. The maximum Gasteiger partial charge on any atom is 0.137 e. The van der Waals surface area contributed by atoms with Crippen LogP contribution < -0.4 is 0 Å². The molecule has 0 radical (unpaired) electrons. The van der Waals surface area contributed by atoms with Crippen LogP contribution in [0.3, 0.4) is 0 Å². The number of nitrogens with zero attached hydrogens (tertiary/aromatic N) is 1. The number of nitrogens with one attached hydrogen (secondary N) is 1. The predicted molar refractivity (Wildman–Crippen MR) is 43.1 cm³/mol. The van der Waals surface area contributed by atoms with Crippen molar-refractivity contribution in [1.29, 1.82) is 0 Å². The van der Waals surface area contributed by atoms with E-state index in [9.17, 15) is 5.11 Å². The van der Waals surface area contributed by atoms with Gasteiger partial charge in [0, 0.05) is 12.4 Å². The number of H-pyrrole nitrogens is 1. The van der Waals surface area contributed by atoms with Gasteiger partial charge in [0.15, 0.2) is 0 Å². The van der Waals surface area contributed by atoms with Gasteiger partial charge < -0.3 is 10.1 Å². The van der Waals surface area contributed by atoms with Gasteiger partial charge in [-0.25, -0.2) is 4.98 Å². The average molecular weight is 154 g/mol. The van der Waals surface area contributed by atoms with Gasteiger partial charge >= 0.3 is 0 Å². The summed E-state index contributed by atoms with van der Waals surface area (Å²) >= 11 is 0. The molecule has 1 unspecified atom stereocenters. The fourth-order valence-corrected chi connectivity index (χ4v) is 1.17. The van der Waals surface area contributed by atoms with Crippen LogP contribution >= 0.6 is 0 Å². The van der Waals surface area contributed by atoms with Gasteiger partial charge in [0.05, 0.1) is 0 Å². The van der Waals surface area contributed by atoms with Crippen LogP contribution in [0.25, 0.3) is 0 Å². The molecule has 0 saturated heterocycles. The lowest BCUT2D eigenvalue weighted by atomic mass is 10.0. The Morgan fingerprint density at radius 3 is 2.91 bits per heavy atom. The Morgan fingerprint density at radius 1 is 1.73 bits per heavy atom. The smallest absolute Gasteiger partial charge is 0.137 e. The number of rotatable bonds is 3. The highest BCUT2D eigenvalue weighted by atomic mass is 16.3. The molecule has 0 aliphatic rings. The van der Waals surface area contributed by atoms with Crippen molar-refractivity contribution in [3.63, 3.8) is 0 Å². The van der Waals surface area contributed by atoms with Crippen LogP contribution in [0.2, 0.25) is 0 Å². The molecule has 0 saturated carbocycles. The van der Waals surface area contributed by atoms with Crippen molar-refractivity contribution in [2.75, 3.05) is 0 Å². The first-order valence-corrected chi connectivity index (χ1v) is 3.89. The molecule has 1 atom stereocenters. The summed E-state index contributed by atoms with van der Waals surface area (Å²) in [5, 5.41) is 9.78. The van der Waals surface area contributed by atoms with Gasteiger partial charge in [-0.05, 0) is 13.3 Å². The third-order valence-corrected chi connectivity index (χ3v) is 1.75. The summed E-state index contributed by atoms with van der Waals surface area (Å²) in [5.74, 6) is 0.652. The Morgan fingerprint density at radius 2 is 2.45 bits per heavy atom. The highest BCUT2D eigenvalue weighted by Gasteiger charge is 2.23. The lowest BCUT2D eigenvalue weighted by molar-refractivity contribution is 0.0385. The van der Waals surface area contributed by atoms with Crippen molar-refractivity contribution in [3.8, 4) is 0 Å². The lowest BCUT2D eigenvalue weighted by Crippen LogP contribution is -2.22. The maximum atomic E-state index is 9.78. The largest absolute Gasteiger partial charge is 0.382 e. The molecule has 11 heavy (non-hydrogen) atoms. The molecular weight excluding hydrogens is 140 g/mol. The first kappa shape index (κ1) is 8.27.